The molecule has 80 valence electrons. The van der Waals surface area contributed by atoms with Gasteiger partial charge in [0.25, 0.3) is 0 Å². The van der Waals surface area contributed by atoms with Crippen LogP contribution in [0.4, 0.5) is 0 Å². The lowest BCUT2D eigenvalue weighted by Crippen LogP contribution is -2.16. The number of nitrogens with zero attached hydrogens (tertiary/aromatic N) is 1. The number of hydrogen-bond donors (Lipinski definition) is 3. The zero-order valence-electron chi connectivity index (χ0n) is 8.30. The average Bonchev–Trinajstić information content (AvgIpc) is 2.28. The molecule has 4 N–H and O–H groups in total. The van der Waals surface area contributed by atoms with E-state index in [9.17, 15) is 5.11 Å². The van der Waals surface area contributed by atoms with Crippen LogP contribution in [0.2, 0.25) is 0 Å². The van der Waals surface area contributed by atoms with Crippen molar-refractivity contribution in [2.45, 2.75) is 18.6 Å². The summed E-state index contributed by atoms with van der Waals surface area (Å²) < 4.78 is 0. The summed E-state index contributed by atoms with van der Waals surface area (Å²) in [4.78, 5) is 0. The molecule has 4 nitrogen and oxygen atoms in total. The highest BCUT2D eigenvalue weighted by molar-refractivity contribution is 5.27. The average molecular weight is 206 g/mol. The van der Waals surface area contributed by atoms with E-state index in [1.54, 1.807) is 24.3 Å². The summed E-state index contributed by atoms with van der Waals surface area (Å²) in [7, 11) is 0. The normalized spacial score (nSPS) is 14.3. The van der Waals surface area contributed by atoms with Crippen LogP contribution in [0.1, 0.15) is 17.2 Å². The van der Waals surface area contributed by atoms with Crippen molar-refractivity contribution in [2.75, 3.05) is 6.54 Å². The van der Waals surface area contributed by atoms with E-state index in [1.807, 2.05) is 6.07 Å². The van der Waals surface area contributed by atoms with E-state index in [0.29, 0.717) is 18.5 Å². The third-order valence-corrected chi connectivity index (χ3v) is 2.16. The minimum atomic E-state index is -1.39. The fourth-order valence-electron chi connectivity index (χ4n) is 1.35. The fourth-order valence-corrected chi connectivity index (χ4v) is 1.35. The van der Waals surface area contributed by atoms with Gasteiger partial charge in [0.1, 0.15) is 6.10 Å². The van der Waals surface area contributed by atoms with Crippen LogP contribution in [0.3, 0.4) is 0 Å². The molecule has 0 amide bonds. The van der Waals surface area contributed by atoms with E-state index in [-0.39, 0.29) is 0 Å². The number of nitrogens with two attached hydrogens (primary N) is 1. The molecule has 0 aromatic heterocycles. The molecule has 1 rings (SSSR count). The van der Waals surface area contributed by atoms with E-state index >= 15 is 0 Å². The van der Waals surface area contributed by atoms with E-state index < -0.39 is 12.2 Å². The molecule has 0 aliphatic rings. The van der Waals surface area contributed by atoms with Gasteiger partial charge in [-0.25, -0.2) is 0 Å². The number of hydrogen-bond acceptors (Lipinski definition) is 4. The Morgan fingerprint density at radius 3 is 2.73 bits per heavy atom. The Hall–Kier alpha value is -1.41. The summed E-state index contributed by atoms with van der Waals surface area (Å²) in [5.41, 5.74) is 6.93. The first-order valence-electron chi connectivity index (χ1n) is 4.73. The second-order valence-corrected chi connectivity index (χ2v) is 3.30. The van der Waals surface area contributed by atoms with Crippen molar-refractivity contribution in [3.63, 3.8) is 0 Å². The standard InChI is InChI=1S/C11H14N2O2/c12-5-4-8-2-1-3-9(6-8)11(15)10(14)7-13/h1-3,6,10-11,14-15H,4-5,12H2. The predicted octanol–water partition coefficient (Wildman–Crippen LogP) is 0.106. The summed E-state index contributed by atoms with van der Waals surface area (Å²) >= 11 is 0. The van der Waals surface area contributed by atoms with Crippen LogP contribution in [-0.4, -0.2) is 22.9 Å². The lowest BCUT2D eigenvalue weighted by molar-refractivity contribution is 0.0527. The molecule has 0 saturated carbocycles. The minimum absolute atomic E-state index is 0.528. The number of aliphatic hydroxyl groups is 2. The molecule has 0 heterocycles. The number of benzene rings is 1. The lowest BCUT2D eigenvalue weighted by Gasteiger charge is -2.12. The van der Waals surface area contributed by atoms with Crippen LogP contribution in [0, 0.1) is 11.3 Å². The fraction of sp³-hybridized carbons (Fsp3) is 0.364. The first kappa shape index (κ1) is 11.7. The quantitative estimate of drug-likeness (QED) is 0.610. The predicted molar refractivity (Wildman–Crippen MR) is 55.8 cm³/mol. The molecule has 0 fully saturated rings. The van der Waals surface area contributed by atoms with Crippen molar-refractivity contribution in [3.05, 3.63) is 35.4 Å². The van der Waals surface area contributed by atoms with Crippen LogP contribution in [-0.2, 0) is 6.42 Å². The van der Waals surface area contributed by atoms with Crippen molar-refractivity contribution in [1.82, 2.24) is 0 Å². The number of rotatable bonds is 4. The van der Waals surface area contributed by atoms with Gasteiger partial charge in [-0.3, -0.25) is 0 Å². The highest BCUT2D eigenvalue weighted by atomic mass is 16.3. The zero-order valence-corrected chi connectivity index (χ0v) is 8.30. The molecular formula is C11H14N2O2. The van der Waals surface area contributed by atoms with Gasteiger partial charge in [0.2, 0.25) is 0 Å². The second-order valence-electron chi connectivity index (χ2n) is 3.30. The molecule has 0 aliphatic heterocycles. The van der Waals surface area contributed by atoms with Crippen LogP contribution in [0.5, 0.6) is 0 Å². The van der Waals surface area contributed by atoms with E-state index in [4.69, 9.17) is 16.1 Å². The highest BCUT2D eigenvalue weighted by Crippen LogP contribution is 2.17. The summed E-state index contributed by atoms with van der Waals surface area (Å²) in [6.45, 7) is 0.528. The van der Waals surface area contributed by atoms with Crippen LogP contribution in [0.15, 0.2) is 24.3 Å². The number of aliphatic hydroxyl groups excluding tert-OH is 2. The Kier molecular flexibility index (Phi) is 4.25. The molecule has 15 heavy (non-hydrogen) atoms. The second kappa shape index (κ2) is 5.47. The molecule has 0 spiro atoms. The van der Waals surface area contributed by atoms with Gasteiger partial charge < -0.3 is 15.9 Å². The molecule has 1 aromatic carbocycles. The van der Waals surface area contributed by atoms with Crippen LogP contribution in [0.25, 0.3) is 0 Å². The summed E-state index contributed by atoms with van der Waals surface area (Å²) in [6.07, 6.45) is -1.84. The van der Waals surface area contributed by atoms with E-state index in [0.717, 1.165) is 5.56 Å². The molecule has 0 aliphatic carbocycles. The zero-order chi connectivity index (χ0) is 11.3. The van der Waals surface area contributed by atoms with Gasteiger partial charge in [-0.2, -0.15) is 5.26 Å². The van der Waals surface area contributed by atoms with Gasteiger partial charge >= 0.3 is 0 Å². The maximum absolute atomic E-state index is 9.58. The number of nitriles is 1. The topological polar surface area (TPSA) is 90.3 Å². The van der Waals surface area contributed by atoms with Crippen LogP contribution < -0.4 is 5.73 Å². The Morgan fingerprint density at radius 2 is 2.13 bits per heavy atom. The van der Waals surface area contributed by atoms with Crippen molar-refractivity contribution in [2.24, 2.45) is 5.73 Å². The molecule has 0 bridgehead atoms. The first-order valence-corrected chi connectivity index (χ1v) is 4.73. The van der Waals surface area contributed by atoms with E-state index in [2.05, 4.69) is 0 Å². The summed E-state index contributed by atoms with van der Waals surface area (Å²) in [6, 6.07) is 8.68. The molecule has 1 aromatic rings. The Morgan fingerprint density at radius 1 is 1.40 bits per heavy atom. The van der Waals surface area contributed by atoms with Crippen molar-refractivity contribution in [1.29, 1.82) is 5.26 Å². The van der Waals surface area contributed by atoms with Gasteiger partial charge in [0, 0.05) is 0 Å². The molecule has 4 heteroatoms. The third kappa shape index (κ3) is 3.03. The molecular weight excluding hydrogens is 192 g/mol. The van der Waals surface area contributed by atoms with E-state index in [1.165, 1.54) is 0 Å². The molecule has 0 saturated heterocycles. The molecule has 2 unspecified atom stereocenters. The Bertz CT molecular complexity index is 360. The highest BCUT2D eigenvalue weighted by Gasteiger charge is 2.17. The third-order valence-electron chi connectivity index (χ3n) is 2.16. The van der Waals surface area contributed by atoms with Gasteiger partial charge in [0.05, 0.1) is 6.07 Å². The lowest BCUT2D eigenvalue weighted by atomic mass is 10.0. The SMILES string of the molecule is N#CC(O)C(O)c1cccc(CCN)c1. The van der Waals surface area contributed by atoms with Crippen molar-refractivity contribution >= 4 is 0 Å². The summed E-state index contributed by atoms with van der Waals surface area (Å²) in [5, 5.41) is 27.2. The maximum atomic E-state index is 9.58. The van der Waals surface area contributed by atoms with Gasteiger partial charge in [0.15, 0.2) is 6.10 Å². The minimum Gasteiger partial charge on any atom is -0.385 e. The van der Waals surface area contributed by atoms with Gasteiger partial charge in [-0.15, -0.1) is 0 Å². The smallest absolute Gasteiger partial charge is 0.170 e. The summed E-state index contributed by atoms with van der Waals surface area (Å²) in [5.74, 6) is 0. The van der Waals surface area contributed by atoms with Crippen molar-refractivity contribution < 1.29 is 10.2 Å². The first-order chi connectivity index (χ1) is 7.19. The monoisotopic (exact) mass is 206 g/mol. The van der Waals surface area contributed by atoms with Gasteiger partial charge in [-0.1, -0.05) is 24.3 Å². The molecule has 2 atom stereocenters. The van der Waals surface area contributed by atoms with Gasteiger partial charge in [-0.05, 0) is 24.1 Å². The largest absolute Gasteiger partial charge is 0.385 e. The molecule has 0 radical (unpaired) electrons. The van der Waals surface area contributed by atoms with Crippen LogP contribution >= 0.6 is 0 Å². The maximum Gasteiger partial charge on any atom is 0.170 e. The Balaban J connectivity index is 2.85. The van der Waals surface area contributed by atoms with Crippen molar-refractivity contribution in [3.8, 4) is 6.07 Å². The Labute approximate surface area is 88.6 Å².